The van der Waals surface area contributed by atoms with Gasteiger partial charge in [0.2, 0.25) is 0 Å². The van der Waals surface area contributed by atoms with Crippen molar-refractivity contribution in [1.82, 2.24) is 5.32 Å². The molecule has 0 bridgehead atoms. The van der Waals surface area contributed by atoms with Crippen LogP contribution < -0.4 is 15.8 Å². The predicted molar refractivity (Wildman–Crippen MR) is 66.4 cm³/mol. The Labute approximate surface area is 109 Å². The number of amides is 1. The molecule has 0 saturated heterocycles. The summed E-state index contributed by atoms with van der Waals surface area (Å²) in [7, 11) is 0. The maximum absolute atomic E-state index is 12.9. The summed E-state index contributed by atoms with van der Waals surface area (Å²) >= 11 is 0. The van der Waals surface area contributed by atoms with Gasteiger partial charge in [0.15, 0.2) is 0 Å². The van der Waals surface area contributed by atoms with E-state index < -0.39 is 25.0 Å². The van der Waals surface area contributed by atoms with E-state index in [0.29, 0.717) is 6.61 Å². The summed E-state index contributed by atoms with van der Waals surface area (Å²) in [6.07, 6.45) is 0. The van der Waals surface area contributed by atoms with Crippen molar-refractivity contribution in [2.24, 2.45) is 0 Å². The molecule has 1 rings (SSSR count). The second-order valence-corrected chi connectivity index (χ2v) is 3.85. The van der Waals surface area contributed by atoms with E-state index in [-0.39, 0.29) is 17.0 Å². The topological polar surface area (TPSA) is 84.6 Å². The van der Waals surface area contributed by atoms with E-state index in [9.17, 15) is 13.6 Å². The van der Waals surface area contributed by atoms with Crippen molar-refractivity contribution < 1.29 is 23.4 Å². The van der Waals surface area contributed by atoms with Crippen LogP contribution in [0.4, 0.5) is 14.5 Å². The fourth-order valence-corrected chi connectivity index (χ4v) is 1.42. The van der Waals surface area contributed by atoms with Gasteiger partial charge in [0.1, 0.15) is 17.9 Å². The first-order chi connectivity index (χ1) is 8.91. The average Bonchev–Trinajstić information content (AvgIpc) is 2.37. The third-order valence-electron chi connectivity index (χ3n) is 2.32. The lowest BCUT2D eigenvalue weighted by Crippen LogP contribution is -2.39. The first-order valence-electron chi connectivity index (χ1n) is 5.69. The first-order valence-corrected chi connectivity index (χ1v) is 5.69. The smallest absolute Gasteiger partial charge is 0.287 e. The fourth-order valence-electron chi connectivity index (χ4n) is 1.42. The number of anilines is 1. The van der Waals surface area contributed by atoms with Crippen LogP contribution in [0.15, 0.2) is 18.2 Å². The summed E-state index contributed by atoms with van der Waals surface area (Å²) in [6.45, 7) is -0.264. The number of ether oxygens (including phenoxy) is 1. The monoisotopic (exact) mass is 274 g/mol. The Bertz CT molecular complexity index is 453. The highest BCUT2D eigenvalue weighted by atomic mass is 19.3. The van der Waals surface area contributed by atoms with Gasteiger partial charge >= 0.3 is 0 Å². The molecule has 1 aromatic carbocycles. The largest absolute Gasteiger partial charge is 0.493 e. The van der Waals surface area contributed by atoms with E-state index >= 15 is 0 Å². The maximum Gasteiger partial charge on any atom is 0.287 e. The number of benzene rings is 1. The number of nitrogen functional groups attached to an aromatic ring is 1. The molecule has 0 heterocycles. The number of halogens is 2. The molecule has 0 aliphatic carbocycles. The minimum Gasteiger partial charge on any atom is -0.493 e. The SMILES string of the molecule is CCOc1cccc(N)c1C(=O)NCC(F)(F)CO. The van der Waals surface area contributed by atoms with Crippen molar-refractivity contribution in [2.75, 3.05) is 25.5 Å². The molecule has 0 atom stereocenters. The van der Waals surface area contributed by atoms with E-state index in [1.807, 2.05) is 5.32 Å². The van der Waals surface area contributed by atoms with Crippen LogP contribution in [0.3, 0.4) is 0 Å². The summed E-state index contributed by atoms with van der Waals surface area (Å²) in [4.78, 5) is 11.8. The van der Waals surface area contributed by atoms with Gasteiger partial charge in [-0.1, -0.05) is 6.07 Å². The Kier molecular flexibility index (Phi) is 5.05. The standard InChI is InChI=1S/C12H16F2N2O3/c1-2-19-9-5-3-4-8(15)10(9)11(18)16-6-12(13,14)7-17/h3-5,17H,2,6-7,15H2,1H3,(H,16,18). The molecule has 1 amide bonds. The van der Waals surface area contributed by atoms with Gasteiger partial charge in [-0.15, -0.1) is 0 Å². The number of hydrogen-bond acceptors (Lipinski definition) is 4. The van der Waals surface area contributed by atoms with Crippen LogP contribution in [0.1, 0.15) is 17.3 Å². The highest BCUT2D eigenvalue weighted by molar-refractivity contribution is 6.01. The highest BCUT2D eigenvalue weighted by Crippen LogP contribution is 2.24. The Balaban J connectivity index is 2.87. The molecule has 0 saturated carbocycles. The van der Waals surface area contributed by atoms with Crippen LogP contribution >= 0.6 is 0 Å². The number of aliphatic hydroxyl groups is 1. The summed E-state index contributed by atoms with van der Waals surface area (Å²) in [6, 6.07) is 4.60. The fraction of sp³-hybridized carbons (Fsp3) is 0.417. The maximum atomic E-state index is 12.9. The van der Waals surface area contributed by atoms with Crippen LogP contribution in [0.25, 0.3) is 0 Å². The van der Waals surface area contributed by atoms with Gasteiger partial charge in [-0.3, -0.25) is 4.79 Å². The molecule has 0 aliphatic heterocycles. The van der Waals surface area contributed by atoms with Gasteiger partial charge in [-0.2, -0.15) is 0 Å². The summed E-state index contributed by atoms with van der Waals surface area (Å²) in [5.74, 6) is -3.91. The van der Waals surface area contributed by atoms with E-state index in [1.54, 1.807) is 13.0 Å². The van der Waals surface area contributed by atoms with E-state index in [0.717, 1.165) is 0 Å². The number of aliphatic hydroxyl groups excluding tert-OH is 1. The quantitative estimate of drug-likeness (QED) is 0.676. The molecule has 0 spiro atoms. The second-order valence-electron chi connectivity index (χ2n) is 3.85. The van der Waals surface area contributed by atoms with Gasteiger partial charge < -0.3 is 20.9 Å². The van der Waals surface area contributed by atoms with Crippen LogP contribution in [0.2, 0.25) is 0 Å². The zero-order chi connectivity index (χ0) is 14.5. The molecule has 0 unspecified atom stereocenters. The van der Waals surface area contributed by atoms with Gasteiger partial charge in [-0.25, -0.2) is 8.78 Å². The third kappa shape index (κ3) is 4.06. The predicted octanol–water partition coefficient (Wildman–Crippen LogP) is 1.02. The Morgan fingerprint density at radius 2 is 2.21 bits per heavy atom. The molecule has 5 nitrogen and oxygen atoms in total. The lowest BCUT2D eigenvalue weighted by molar-refractivity contribution is -0.0462. The number of alkyl halides is 2. The number of carbonyl (C=O) groups is 1. The molecule has 0 fully saturated rings. The van der Waals surface area contributed by atoms with Gasteiger partial charge in [0, 0.05) is 5.69 Å². The summed E-state index contributed by atoms with van der Waals surface area (Å²) < 4.78 is 30.9. The minimum atomic E-state index is -3.37. The Morgan fingerprint density at radius 1 is 1.53 bits per heavy atom. The van der Waals surface area contributed by atoms with Gasteiger partial charge in [0.25, 0.3) is 11.8 Å². The lowest BCUT2D eigenvalue weighted by atomic mass is 10.1. The molecule has 1 aromatic rings. The molecule has 0 aromatic heterocycles. The van der Waals surface area contributed by atoms with Crippen LogP contribution in [0, 0.1) is 0 Å². The van der Waals surface area contributed by atoms with E-state index in [4.69, 9.17) is 15.6 Å². The Morgan fingerprint density at radius 3 is 2.79 bits per heavy atom. The van der Waals surface area contributed by atoms with Crippen molar-refractivity contribution in [3.05, 3.63) is 23.8 Å². The van der Waals surface area contributed by atoms with E-state index in [1.165, 1.54) is 12.1 Å². The van der Waals surface area contributed by atoms with Gasteiger partial charge in [-0.05, 0) is 19.1 Å². The van der Waals surface area contributed by atoms with Crippen LogP contribution in [0.5, 0.6) is 5.75 Å². The summed E-state index contributed by atoms with van der Waals surface area (Å²) in [5, 5.41) is 10.4. The molecule has 7 heteroatoms. The molecule has 19 heavy (non-hydrogen) atoms. The summed E-state index contributed by atoms with van der Waals surface area (Å²) in [5.41, 5.74) is 5.79. The van der Waals surface area contributed by atoms with Crippen molar-refractivity contribution >= 4 is 11.6 Å². The number of rotatable bonds is 6. The number of hydrogen-bond donors (Lipinski definition) is 3. The lowest BCUT2D eigenvalue weighted by Gasteiger charge is -2.16. The molecule has 0 radical (unpaired) electrons. The average molecular weight is 274 g/mol. The van der Waals surface area contributed by atoms with Gasteiger partial charge in [0.05, 0.1) is 13.2 Å². The number of nitrogens with one attached hydrogen (secondary N) is 1. The molecular weight excluding hydrogens is 258 g/mol. The normalized spacial score (nSPS) is 11.2. The zero-order valence-electron chi connectivity index (χ0n) is 10.5. The van der Waals surface area contributed by atoms with Crippen molar-refractivity contribution in [1.29, 1.82) is 0 Å². The van der Waals surface area contributed by atoms with Crippen molar-refractivity contribution in [3.8, 4) is 5.75 Å². The third-order valence-corrected chi connectivity index (χ3v) is 2.32. The molecule has 0 aliphatic rings. The highest BCUT2D eigenvalue weighted by Gasteiger charge is 2.29. The van der Waals surface area contributed by atoms with Crippen molar-refractivity contribution in [2.45, 2.75) is 12.8 Å². The molecular formula is C12H16F2N2O3. The van der Waals surface area contributed by atoms with Crippen LogP contribution in [-0.4, -0.2) is 36.7 Å². The minimum absolute atomic E-state index is 0.0121. The van der Waals surface area contributed by atoms with E-state index in [2.05, 4.69) is 0 Å². The Hall–Kier alpha value is -1.89. The zero-order valence-corrected chi connectivity index (χ0v) is 10.5. The molecule has 106 valence electrons. The van der Waals surface area contributed by atoms with Crippen molar-refractivity contribution in [3.63, 3.8) is 0 Å². The molecule has 4 N–H and O–H groups in total. The first kappa shape index (κ1) is 15.2. The van der Waals surface area contributed by atoms with Crippen LogP contribution in [-0.2, 0) is 0 Å². The number of nitrogens with two attached hydrogens (primary N) is 1. The number of carbonyl (C=O) groups excluding carboxylic acids is 1. The second kappa shape index (κ2) is 6.33.